The fourth-order valence-corrected chi connectivity index (χ4v) is 8.97. The van der Waals surface area contributed by atoms with Gasteiger partial charge in [-0.1, -0.05) is 32.4 Å². The van der Waals surface area contributed by atoms with E-state index in [-0.39, 0.29) is 11.7 Å². The molecule has 7 unspecified atom stereocenters. The molecule has 2 heteroatoms. The molecule has 4 fully saturated rings. The Morgan fingerprint density at radius 2 is 1.83 bits per heavy atom. The van der Waals surface area contributed by atoms with E-state index in [4.69, 9.17) is 4.74 Å². The Kier molecular flexibility index (Phi) is 4.84. The van der Waals surface area contributed by atoms with Gasteiger partial charge in [0.1, 0.15) is 0 Å². The van der Waals surface area contributed by atoms with E-state index in [2.05, 4.69) is 40.7 Å². The molecule has 1 aliphatic heterocycles. The van der Waals surface area contributed by atoms with Gasteiger partial charge in [0, 0.05) is 0 Å². The summed E-state index contributed by atoms with van der Waals surface area (Å²) in [4.78, 5) is 0. The number of ether oxygens (including phenoxy) is 1. The van der Waals surface area contributed by atoms with Crippen molar-refractivity contribution in [3.8, 4) is 0 Å². The standard InChI is InChI=1S/C27H44O2/c1-17(6-11-24-25(2,3)29-24)21-9-10-22-20-8-7-18-16-19(28)12-14-26(18,4)23(20)13-15-27(21,22)5/h7,17,19-24,28H,6,8-16H2,1-5H3/t17?,19?,20?,21?,22?,23?,24?,26-,27+/m0/s1. The van der Waals surface area contributed by atoms with Crippen LogP contribution in [0.25, 0.3) is 0 Å². The Morgan fingerprint density at radius 1 is 1.07 bits per heavy atom. The van der Waals surface area contributed by atoms with Crippen molar-refractivity contribution >= 4 is 0 Å². The lowest BCUT2D eigenvalue weighted by molar-refractivity contribution is -0.0573. The van der Waals surface area contributed by atoms with E-state index >= 15 is 0 Å². The van der Waals surface area contributed by atoms with Gasteiger partial charge >= 0.3 is 0 Å². The lowest BCUT2D eigenvalue weighted by Crippen LogP contribution is -2.50. The monoisotopic (exact) mass is 400 g/mol. The molecule has 0 aromatic carbocycles. The number of epoxide rings is 1. The summed E-state index contributed by atoms with van der Waals surface area (Å²) in [6.07, 6.45) is 15.8. The molecule has 29 heavy (non-hydrogen) atoms. The predicted molar refractivity (Wildman–Crippen MR) is 119 cm³/mol. The van der Waals surface area contributed by atoms with Crippen LogP contribution in [0, 0.1) is 40.4 Å². The number of aliphatic hydroxyl groups excluding tert-OH is 1. The van der Waals surface area contributed by atoms with E-state index in [1.165, 1.54) is 51.4 Å². The molecule has 1 heterocycles. The molecule has 0 spiro atoms. The number of hydrogen-bond acceptors (Lipinski definition) is 2. The number of hydrogen-bond donors (Lipinski definition) is 1. The molecule has 0 aromatic rings. The van der Waals surface area contributed by atoms with Crippen molar-refractivity contribution in [2.75, 3.05) is 0 Å². The van der Waals surface area contributed by atoms with Gasteiger partial charge in [-0.15, -0.1) is 0 Å². The summed E-state index contributed by atoms with van der Waals surface area (Å²) in [5.74, 6) is 4.41. The second-order valence-electron chi connectivity index (χ2n) is 12.6. The zero-order valence-electron chi connectivity index (χ0n) is 19.5. The maximum atomic E-state index is 10.2. The van der Waals surface area contributed by atoms with Crippen molar-refractivity contribution in [3.05, 3.63) is 11.6 Å². The molecule has 2 nitrogen and oxygen atoms in total. The van der Waals surface area contributed by atoms with Gasteiger partial charge in [0.05, 0.1) is 17.8 Å². The van der Waals surface area contributed by atoms with E-state index in [0.29, 0.717) is 16.9 Å². The summed E-state index contributed by atoms with van der Waals surface area (Å²) in [6, 6.07) is 0. The molecule has 164 valence electrons. The van der Waals surface area contributed by atoms with E-state index in [1.54, 1.807) is 5.57 Å². The van der Waals surface area contributed by atoms with Crippen LogP contribution in [-0.2, 0) is 4.74 Å². The van der Waals surface area contributed by atoms with Gasteiger partial charge in [-0.3, -0.25) is 0 Å². The molecule has 0 bridgehead atoms. The first kappa shape index (κ1) is 20.6. The minimum Gasteiger partial charge on any atom is -0.393 e. The van der Waals surface area contributed by atoms with Gasteiger partial charge in [0.15, 0.2) is 0 Å². The summed E-state index contributed by atoms with van der Waals surface area (Å²) in [6.45, 7) is 12.3. The third-order valence-corrected chi connectivity index (χ3v) is 10.9. The number of rotatable bonds is 4. The Balaban J connectivity index is 1.30. The van der Waals surface area contributed by atoms with Crippen molar-refractivity contribution in [2.45, 2.75) is 117 Å². The maximum Gasteiger partial charge on any atom is 0.0892 e. The summed E-state index contributed by atoms with van der Waals surface area (Å²) >= 11 is 0. The van der Waals surface area contributed by atoms with E-state index < -0.39 is 0 Å². The van der Waals surface area contributed by atoms with E-state index in [0.717, 1.165) is 42.4 Å². The fraction of sp³-hybridized carbons (Fsp3) is 0.926. The zero-order valence-corrected chi connectivity index (χ0v) is 19.5. The van der Waals surface area contributed by atoms with Crippen LogP contribution in [0.1, 0.15) is 98.8 Å². The first-order valence-corrected chi connectivity index (χ1v) is 12.7. The molecule has 5 aliphatic rings. The third kappa shape index (κ3) is 3.18. The van der Waals surface area contributed by atoms with Gasteiger partial charge in [-0.2, -0.15) is 0 Å². The summed E-state index contributed by atoms with van der Waals surface area (Å²) in [5.41, 5.74) is 2.68. The first-order valence-electron chi connectivity index (χ1n) is 12.7. The molecular weight excluding hydrogens is 356 g/mol. The highest BCUT2D eigenvalue weighted by Crippen LogP contribution is 2.67. The van der Waals surface area contributed by atoms with Gasteiger partial charge < -0.3 is 9.84 Å². The molecule has 1 saturated heterocycles. The Bertz CT molecular complexity index is 680. The summed E-state index contributed by atoms with van der Waals surface area (Å²) < 4.78 is 5.86. The van der Waals surface area contributed by atoms with Gasteiger partial charge in [-0.25, -0.2) is 0 Å². The van der Waals surface area contributed by atoms with Crippen molar-refractivity contribution in [2.24, 2.45) is 40.4 Å². The lowest BCUT2D eigenvalue weighted by atomic mass is 9.47. The maximum absolute atomic E-state index is 10.2. The number of aliphatic hydroxyl groups is 1. The molecule has 1 N–H and O–H groups in total. The molecule has 4 aliphatic carbocycles. The van der Waals surface area contributed by atoms with Crippen LogP contribution in [0.5, 0.6) is 0 Å². The molecule has 3 saturated carbocycles. The van der Waals surface area contributed by atoms with Crippen molar-refractivity contribution in [1.82, 2.24) is 0 Å². The average Bonchev–Trinajstić information content (AvgIpc) is 3.11. The van der Waals surface area contributed by atoms with E-state index in [9.17, 15) is 5.11 Å². The quantitative estimate of drug-likeness (QED) is 0.430. The number of fused-ring (bicyclic) bond motifs is 5. The summed E-state index contributed by atoms with van der Waals surface area (Å²) in [5, 5.41) is 10.2. The van der Waals surface area contributed by atoms with Crippen LogP contribution < -0.4 is 0 Å². The van der Waals surface area contributed by atoms with Crippen LogP contribution in [-0.4, -0.2) is 22.9 Å². The SMILES string of the molecule is CC(CCC1OC1(C)C)C1CCC2C3CC=C4CC(O)CC[C@]4(C)C3CC[C@]12C. The van der Waals surface area contributed by atoms with E-state index in [1.807, 2.05) is 0 Å². The topological polar surface area (TPSA) is 32.8 Å². The second-order valence-corrected chi connectivity index (χ2v) is 12.6. The Labute approximate surface area is 178 Å². The van der Waals surface area contributed by atoms with Gasteiger partial charge in [0.25, 0.3) is 0 Å². The van der Waals surface area contributed by atoms with Crippen LogP contribution in [0.3, 0.4) is 0 Å². The van der Waals surface area contributed by atoms with Crippen molar-refractivity contribution < 1.29 is 9.84 Å². The van der Waals surface area contributed by atoms with Crippen molar-refractivity contribution in [3.63, 3.8) is 0 Å². The predicted octanol–water partition coefficient (Wildman–Crippen LogP) is 6.52. The molecular formula is C27H44O2. The largest absolute Gasteiger partial charge is 0.393 e. The molecule has 0 amide bonds. The number of allylic oxidation sites excluding steroid dienone is 1. The minimum absolute atomic E-state index is 0.0862. The Hall–Kier alpha value is -0.340. The highest BCUT2D eigenvalue weighted by Gasteiger charge is 2.59. The van der Waals surface area contributed by atoms with Gasteiger partial charge in [0.2, 0.25) is 0 Å². The molecule has 0 radical (unpaired) electrons. The Morgan fingerprint density at radius 3 is 2.55 bits per heavy atom. The molecule has 9 atom stereocenters. The highest BCUT2D eigenvalue weighted by atomic mass is 16.6. The van der Waals surface area contributed by atoms with Crippen LogP contribution >= 0.6 is 0 Å². The normalized spacial score (nSPS) is 51.4. The van der Waals surface area contributed by atoms with Crippen molar-refractivity contribution in [1.29, 1.82) is 0 Å². The highest BCUT2D eigenvalue weighted by molar-refractivity contribution is 5.25. The smallest absolute Gasteiger partial charge is 0.0892 e. The lowest BCUT2D eigenvalue weighted by Gasteiger charge is -2.58. The first-order chi connectivity index (χ1) is 13.6. The molecule has 0 aromatic heterocycles. The minimum atomic E-state index is -0.0862. The van der Waals surface area contributed by atoms with Crippen LogP contribution in [0.4, 0.5) is 0 Å². The summed E-state index contributed by atoms with van der Waals surface area (Å²) in [7, 11) is 0. The average molecular weight is 401 g/mol. The van der Waals surface area contributed by atoms with Crippen LogP contribution in [0.15, 0.2) is 11.6 Å². The zero-order chi connectivity index (χ0) is 20.6. The second kappa shape index (κ2) is 6.83. The van der Waals surface area contributed by atoms with Crippen LogP contribution in [0.2, 0.25) is 0 Å². The van der Waals surface area contributed by atoms with Gasteiger partial charge in [-0.05, 0) is 118 Å². The molecule has 5 rings (SSSR count). The fourth-order valence-electron chi connectivity index (χ4n) is 8.97. The third-order valence-electron chi connectivity index (χ3n) is 10.9.